The van der Waals surface area contributed by atoms with Crippen molar-refractivity contribution in [2.75, 3.05) is 11.9 Å². The predicted octanol–water partition coefficient (Wildman–Crippen LogP) is 5.75. The molecule has 168 valence electrons. The molecule has 1 N–H and O–H groups in total. The maximum absolute atomic E-state index is 13.9. The van der Waals surface area contributed by atoms with Crippen LogP contribution in [0.5, 0.6) is 0 Å². The minimum absolute atomic E-state index is 0.128. The van der Waals surface area contributed by atoms with E-state index in [1.165, 1.54) is 42.5 Å². The lowest BCUT2D eigenvalue weighted by molar-refractivity contribution is -0.116. The SMILES string of the molecule is O=C(CN(Cc1ccc(Cl)cc1Cl)S(=O)(=O)c1ccc(Cl)cc1)Nc1c(F)cccc1F. The molecule has 0 heterocycles. The summed E-state index contributed by atoms with van der Waals surface area (Å²) in [5, 5.41) is 2.94. The fourth-order valence-corrected chi connectivity index (χ4v) is 4.75. The van der Waals surface area contributed by atoms with E-state index in [9.17, 15) is 22.0 Å². The van der Waals surface area contributed by atoms with Gasteiger partial charge in [-0.3, -0.25) is 4.79 Å². The molecule has 0 atom stereocenters. The highest BCUT2D eigenvalue weighted by molar-refractivity contribution is 7.89. The first-order valence-electron chi connectivity index (χ1n) is 9.01. The van der Waals surface area contributed by atoms with Gasteiger partial charge in [0.25, 0.3) is 0 Å². The number of sulfonamides is 1. The number of para-hydroxylation sites is 1. The molecule has 0 aliphatic rings. The molecule has 0 saturated carbocycles. The van der Waals surface area contributed by atoms with Crippen molar-refractivity contribution in [3.63, 3.8) is 0 Å². The van der Waals surface area contributed by atoms with Gasteiger partial charge < -0.3 is 5.32 Å². The van der Waals surface area contributed by atoms with Crippen molar-refractivity contribution >= 4 is 56.4 Å². The summed E-state index contributed by atoms with van der Waals surface area (Å²) < 4.78 is 55.1. The van der Waals surface area contributed by atoms with Gasteiger partial charge in [-0.1, -0.05) is 46.9 Å². The van der Waals surface area contributed by atoms with Crippen LogP contribution in [0.15, 0.2) is 65.6 Å². The van der Waals surface area contributed by atoms with Gasteiger partial charge in [0.1, 0.15) is 17.3 Å². The van der Waals surface area contributed by atoms with Crippen molar-refractivity contribution in [3.8, 4) is 0 Å². The van der Waals surface area contributed by atoms with Gasteiger partial charge in [-0.2, -0.15) is 4.31 Å². The number of hydrogen-bond donors (Lipinski definition) is 1. The number of rotatable bonds is 7. The van der Waals surface area contributed by atoms with Crippen LogP contribution >= 0.6 is 34.8 Å². The molecule has 0 fully saturated rings. The summed E-state index contributed by atoms with van der Waals surface area (Å²) in [4.78, 5) is 12.4. The molecular formula is C21H15Cl3F2N2O3S. The van der Waals surface area contributed by atoms with Gasteiger partial charge in [0.2, 0.25) is 15.9 Å². The molecular weight excluding hydrogens is 505 g/mol. The third-order valence-corrected chi connectivity index (χ3v) is 7.01. The van der Waals surface area contributed by atoms with E-state index in [-0.39, 0.29) is 16.5 Å². The van der Waals surface area contributed by atoms with E-state index < -0.39 is 39.8 Å². The van der Waals surface area contributed by atoms with Crippen molar-refractivity contribution in [3.05, 3.63) is 92.9 Å². The highest BCUT2D eigenvalue weighted by Gasteiger charge is 2.28. The highest BCUT2D eigenvalue weighted by atomic mass is 35.5. The lowest BCUT2D eigenvalue weighted by Crippen LogP contribution is -2.37. The number of carbonyl (C=O) groups excluding carboxylic acids is 1. The van der Waals surface area contributed by atoms with Gasteiger partial charge in [0, 0.05) is 21.6 Å². The van der Waals surface area contributed by atoms with Gasteiger partial charge in [-0.25, -0.2) is 17.2 Å². The average Bonchev–Trinajstić information content (AvgIpc) is 2.72. The first-order chi connectivity index (χ1) is 15.1. The molecule has 0 aromatic heterocycles. The van der Waals surface area contributed by atoms with Gasteiger partial charge in [-0.05, 0) is 54.1 Å². The summed E-state index contributed by atoms with van der Waals surface area (Å²) in [6, 6.07) is 12.9. The quantitative estimate of drug-likeness (QED) is 0.432. The van der Waals surface area contributed by atoms with Crippen LogP contribution in [0, 0.1) is 11.6 Å². The van der Waals surface area contributed by atoms with Crippen molar-refractivity contribution in [2.24, 2.45) is 0 Å². The maximum Gasteiger partial charge on any atom is 0.243 e. The van der Waals surface area contributed by atoms with Gasteiger partial charge in [0.05, 0.1) is 11.4 Å². The van der Waals surface area contributed by atoms with Crippen LogP contribution in [-0.2, 0) is 21.4 Å². The van der Waals surface area contributed by atoms with Crippen molar-refractivity contribution in [2.45, 2.75) is 11.4 Å². The first kappa shape index (κ1) is 24.4. The monoisotopic (exact) mass is 518 g/mol. The summed E-state index contributed by atoms with van der Waals surface area (Å²) in [6.45, 7) is -1.04. The second-order valence-electron chi connectivity index (χ2n) is 6.61. The molecule has 0 radical (unpaired) electrons. The summed E-state index contributed by atoms with van der Waals surface area (Å²) in [5.41, 5.74) is -0.302. The maximum atomic E-state index is 13.9. The molecule has 1 amide bonds. The van der Waals surface area contributed by atoms with E-state index in [0.29, 0.717) is 15.6 Å². The normalized spacial score (nSPS) is 11.6. The van der Waals surface area contributed by atoms with Gasteiger partial charge in [-0.15, -0.1) is 0 Å². The number of benzene rings is 3. The molecule has 3 aromatic rings. The van der Waals surface area contributed by atoms with Crippen LogP contribution in [0.3, 0.4) is 0 Å². The van der Waals surface area contributed by atoms with E-state index in [0.717, 1.165) is 22.5 Å². The molecule has 0 unspecified atom stereocenters. The van der Waals surface area contributed by atoms with Crippen molar-refractivity contribution in [1.82, 2.24) is 4.31 Å². The Morgan fingerprint density at radius 3 is 2.09 bits per heavy atom. The smallest absolute Gasteiger partial charge is 0.243 e. The van der Waals surface area contributed by atoms with E-state index in [1.807, 2.05) is 0 Å². The minimum atomic E-state index is -4.22. The number of halogens is 5. The van der Waals surface area contributed by atoms with E-state index in [4.69, 9.17) is 34.8 Å². The summed E-state index contributed by atoms with van der Waals surface area (Å²) in [6.07, 6.45) is 0. The first-order valence-corrected chi connectivity index (χ1v) is 11.6. The standard InChI is InChI=1S/C21H15Cl3F2N2O3S/c22-14-6-8-16(9-7-14)32(30,31)28(11-13-4-5-15(23)10-17(13)24)12-20(29)27-21-18(25)2-1-3-19(21)26/h1-10H,11-12H2,(H,27,29). The van der Waals surface area contributed by atoms with Crippen molar-refractivity contribution in [1.29, 1.82) is 0 Å². The van der Waals surface area contributed by atoms with Crippen LogP contribution < -0.4 is 5.32 Å². The average molecular weight is 520 g/mol. The summed E-state index contributed by atoms with van der Waals surface area (Å²) >= 11 is 17.9. The predicted molar refractivity (Wildman–Crippen MR) is 120 cm³/mol. The Labute approximate surface area is 198 Å². The number of anilines is 1. The molecule has 0 aliphatic carbocycles. The molecule has 11 heteroatoms. The molecule has 0 spiro atoms. The Hall–Kier alpha value is -2.23. The largest absolute Gasteiger partial charge is 0.320 e. The van der Waals surface area contributed by atoms with Crippen molar-refractivity contribution < 1.29 is 22.0 Å². The molecule has 0 saturated heterocycles. The molecule has 32 heavy (non-hydrogen) atoms. The van der Waals surface area contributed by atoms with E-state index >= 15 is 0 Å². The fourth-order valence-electron chi connectivity index (χ4n) is 2.78. The van der Waals surface area contributed by atoms with Crippen LogP contribution in [-0.4, -0.2) is 25.2 Å². The lowest BCUT2D eigenvalue weighted by Gasteiger charge is -2.23. The fraction of sp³-hybridized carbons (Fsp3) is 0.0952. The zero-order valence-corrected chi connectivity index (χ0v) is 19.2. The molecule has 5 nitrogen and oxygen atoms in total. The Kier molecular flexibility index (Phi) is 7.74. The summed E-state index contributed by atoms with van der Waals surface area (Å²) in [5.74, 6) is -2.94. The topological polar surface area (TPSA) is 66.5 Å². The Morgan fingerprint density at radius 1 is 0.906 bits per heavy atom. The van der Waals surface area contributed by atoms with Crippen LogP contribution in [0.2, 0.25) is 15.1 Å². The number of carbonyl (C=O) groups is 1. The number of nitrogens with one attached hydrogen (secondary N) is 1. The second-order valence-corrected chi connectivity index (χ2v) is 9.83. The molecule has 0 aliphatic heterocycles. The highest BCUT2D eigenvalue weighted by Crippen LogP contribution is 2.26. The van der Waals surface area contributed by atoms with Crippen LogP contribution in [0.4, 0.5) is 14.5 Å². The zero-order chi connectivity index (χ0) is 23.5. The number of amides is 1. The third-order valence-electron chi connectivity index (χ3n) is 4.36. The second kappa shape index (κ2) is 10.1. The Morgan fingerprint density at radius 2 is 1.50 bits per heavy atom. The Balaban J connectivity index is 1.94. The Bertz CT molecular complexity index is 1240. The van der Waals surface area contributed by atoms with Crippen LogP contribution in [0.1, 0.15) is 5.56 Å². The number of hydrogen-bond acceptors (Lipinski definition) is 3. The van der Waals surface area contributed by atoms with Gasteiger partial charge >= 0.3 is 0 Å². The third kappa shape index (κ3) is 5.76. The zero-order valence-electron chi connectivity index (χ0n) is 16.2. The number of nitrogens with zero attached hydrogens (tertiary/aromatic N) is 1. The summed E-state index contributed by atoms with van der Waals surface area (Å²) in [7, 11) is -4.22. The van der Waals surface area contributed by atoms with E-state index in [2.05, 4.69) is 5.32 Å². The minimum Gasteiger partial charge on any atom is -0.320 e. The molecule has 3 rings (SSSR count). The molecule has 0 bridgehead atoms. The lowest BCUT2D eigenvalue weighted by atomic mass is 10.2. The van der Waals surface area contributed by atoms with E-state index in [1.54, 1.807) is 0 Å². The van der Waals surface area contributed by atoms with Crippen LogP contribution in [0.25, 0.3) is 0 Å². The van der Waals surface area contributed by atoms with Gasteiger partial charge in [0.15, 0.2) is 0 Å². The molecule has 3 aromatic carbocycles.